The van der Waals surface area contributed by atoms with Crippen LogP contribution in [0.1, 0.15) is 0 Å². The quantitative estimate of drug-likeness (QED) is 0.157. The smallest absolute Gasteiger partial charge is 0.252 e. The van der Waals surface area contributed by atoms with Crippen molar-refractivity contribution in [3.63, 3.8) is 0 Å². The fraction of sp³-hybridized carbons (Fsp3) is 0. The minimum absolute atomic E-state index is 0.00804. The maximum atomic E-state index is 2.58. The summed E-state index contributed by atoms with van der Waals surface area (Å²) in [6, 6.07) is 80.0. The van der Waals surface area contributed by atoms with Gasteiger partial charge in [0.25, 0.3) is 6.71 Å². The van der Waals surface area contributed by atoms with Gasteiger partial charge in [0.15, 0.2) is 0 Å². The van der Waals surface area contributed by atoms with Gasteiger partial charge in [-0.25, -0.2) is 0 Å². The maximum Gasteiger partial charge on any atom is 0.252 e. The molecule has 3 nitrogen and oxygen atoms in total. The molecule has 0 N–H and O–H groups in total. The molecule has 12 rings (SSSR count). The predicted molar refractivity (Wildman–Crippen MR) is 246 cm³/mol. The van der Waals surface area contributed by atoms with E-state index >= 15 is 0 Å². The zero-order chi connectivity index (χ0) is 38.2. The number of benzene rings is 9. The van der Waals surface area contributed by atoms with Crippen molar-refractivity contribution in [1.82, 2.24) is 4.57 Å². The van der Waals surface area contributed by atoms with Gasteiger partial charge in [-0.2, -0.15) is 0 Å². The number of para-hydroxylation sites is 4. The largest absolute Gasteiger partial charge is 0.311 e. The Labute approximate surface area is 338 Å². The SMILES string of the molecule is c1ccc(-c2ccc3c(c2)c2cc(-c4ccccc4)cc4c2n3-c2cc(N(c3ccccc3)c3ccccc3)cc3c2B4c2ccccc2N3c2ccccc2)cc1. The van der Waals surface area contributed by atoms with E-state index in [0.29, 0.717) is 0 Å². The van der Waals surface area contributed by atoms with E-state index in [1.807, 2.05) is 0 Å². The highest BCUT2D eigenvalue weighted by Gasteiger charge is 2.43. The Morgan fingerprint density at radius 1 is 0.362 bits per heavy atom. The summed E-state index contributed by atoms with van der Waals surface area (Å²) in [4.78, 5) is 4.89. The average Bonchev–Trinajstić information content (AvgIpc) is 3.63. The predicted octanol–water partition coefficient (Wildman–Crippen LogP) is 12.2. The number of aromatic nitrogens is 1. The van der Waals surface area contributed by atoms with Crippen LogP contribution in [0.15, 0.2) is 218 Å². The van der Waals surface area contributed by atoms with Gasteiger partial charge >= 0.3 is 0 Å². The Morgan fingerprint density at radius 2 is 0.914 bits per heavy atom. The van der Waals surface area contributed by atoms with E-state index in [-0.39, 0.29) is 6.71 Å². The van der Waals surface area contributed by atoms with Gasteiger partial charge in [-0.3, -0.25) is 0 Å². The van der Waals surface area contributed by atoms with Crippen LogP contribution in [0.25, 0.3) is 49.7 Å². The third-order valence-electron chi connectivity index (χ3n) is 12.1. The minimum atomic E-state index is 0.00804. The lowest BCUT2D eigenvalue weighted by atomic mass is 9.33. The van der Waals surface area contributed by atoms with Crippen LogP contribution in [0, 0.1) is 0 Å². The Kier molecular flexibility index (Phi) is 7.33. The fourth-order valence-corrected chi connectivity index (χ4v) is 9.66. The number of hydrogen-bond acceptors (Lipinski definition) is 2. The third-order valence-corrected chi connectivity index (χ3v) is 12.1. The van der Waals surface area contributed by atoms with Crippen molar-refractivity contribution >= 4 is 79.0 Å². The highest BCUT2D eigenvalue weighted by Crippen LogP contribution is 2.46. The first-order valence-corrected chi connectivity index (χ1v) is 20.1. The molecule has 4 heteroatoms. The summed E-state index contributed by atoms with van der Waals surface area (Å²) in [6.45, 7) is 0.00804. The molecule has 2 aliphatic heterocycles. The van der Waals surface area contributed by atoms with E-state index in [2.05, 4.69) is 233 Å². The molecule has 0 fully saturated rings. The number of anilines is 6. The van der Waals surface area contributed by atoms with Crippen molar-refractivity contribution in [2.24, 2.45) is 0 Å². The van der Waals surface area contributed by atoms with E-state index in [1.54, 1.807) is 0 Å². The molecule has 0 aliphatic carbocycles. The number of fused-ring (bicyclic) bond motifs is 7. The van der Waals surface area contributed by atoms with E-state index in [9.17, 15) is 0 Å². The summed E-state index contributed by atoms with van der Waals surface area (Å²) < 4.78 is 2.58. The first-order valence-electron chi connectivity index (χ1n) is 20.1. The van der Waals surface area contributed by atoms with Crippen molar-refractivity contribution < 1.29 is 0 Å². The Balaban J connectivity index is 1.25. The molecule has 10 aromatic rings. The summed E-state index contributed by atoms with van der Waals surface area (Å²) in [6.07, 6.45) is 0. The summed E-state index contributed by atoms with van der Waals surface area (Å²) in [7, 11) is 0. The maximum absolute atomic E-state index is 2.58. The molecule has 0 bridgehead atoms. The second-order valence-corrected chi connectivity index (χ2v) is 15.3. The summed E-state index contributed by atoms with van der Waals surface area (Å²) in [5.74, 6) is 0. The first-order chi connectivity index (χ1) is 28.8. The highest BCUT2D eigenvalue weighted by molar-refractivity contribution is 7.00. The molecule has 0 radical (unpaired) electrons. The topological polar surface area (TPSA) is 11.4 Å². The standard InChI is InChI=1S/C54H36BN3/c1-6-18-37(19-7-1)39-30-31-49-45(32-39)46-33-40(38-20-8-2-9-21-38)34-48-54(46)58(49)52-36-44(56(41-22-10-3-11-23-41)42-24-12-4-13-25-42)35-51-53(52)55(48)47-28-16-17-29-50(47)57(51)43-26-14-5-15-27-43/h1-36H. The van der Waals surface area contributed by atoms with Crippen molar-refractivity contribution in [2.75, 3.05) is 9.80 Å². The van der Waals surface area contributed by atoms with Crippen LogP contribution < -0.4 is 26.2 Å². The molecule has 3 heterocycles. The Hall–Kier alpha value is -7.56. The summed E-state index contributed by atoms with van der Waals surface area (Å²) >= 11 is 0. The van der Waals surface area contributed by atoms with Gasteiger partial charge < -0.3 is 14.4 Å². The number of nitrogens with zero attached hydrogens (tertiary/aromatic N) is 3. The molecule has 2 aliphatic rings. The van der Waals surface area contributed by atoms with Gasteiger partial charge in [0.2, 0.25) is 0 Å². The molecule has 1 aromatic heterocycles. The summed E-state index contributed by atoms with van der Waals surface area (Å²) in [5.41, 5.74) is 19.4. The average molecular weight is 738 g/mol. The van der Waals surface area contributed by atoms with Gasteiger partial charge in [0, 0.05) is 50.4 Å². The molecule has 0 saturated heterocycles. The molecular formula is C54H36BN3. The summed E-state index contributed by atoms with van der Waals surface area (Å²) in [5, 5.41) is 2.53. The van der Waals surface area contributed by atoms with Crippen molar-refractivity contribution in [3.8, 4) is 27.9 Å². The van der Waals surface area contributed by atoms with E-state index in [1.165, 1.54) is 77.5 Å². The van der Waals surface area contributed by atoms with Gasteiger partial charge in [-0.05, 0) is 111 Å². The number of rotatable bonds is 6. The molecule has 0 saturated carbocycles. The lowest BCUT2D eigenvalue weighted by Gasteiger charge is -2.41. The second-order valence-electron chi connectivity index (χ2n) is 15.3. The zero-order valence-electron chi connectivity index (χ0n) is 31.7. The molecule has 0 atom stereocenters. The van der Waals surface area contributed by atoms with Crippen LogP contribution in [0.4, 0.5) is 34.1 Å². The molecular weight excluding hydrogens is 701 g/mol. The second kappa shape index (κ2) is 13.0. The molecule has 0 amide bonds. The van der Waals surface area contributed by atoms with Crippen LogP contribution in [-0.2, 0) is 0 Å². The van der Waals surface area contributed by atoms with E-state index in [4.69, 9.17) is 0 Å². The lowest BCUT2D eigenvalue weighted by Crippen LogP contribution is -2.60. The van der Waals surface area contributed by atoms with Crippen LogP contribution >= 0.6 is 0 Å². The molecule has 9 aromatic carbocycles. The number of hydrogen-bond donors (Lipinski definition) is 0. The molecule has 0 spiro atoms. The first kappa shape index (κ1) is 32.7. The zero-order valence-corrected chi connectivity index (χ0v) is 31.7. The molecule has 270 valence electrons. The van der Waals surface area contributed by atoms with Gasteiger partial charge in [-0.1, -0.05) is 146 Å². The molecule has 58 heavy (non-hydrogen) atoms. The normalized spacial score (nSPS) is 12.4. The monoisotopic (exact) mass is 737 g/mol. The minimum Gasteiger partial charge on any atom is -0.311 e. The van der Waals surface area contributed by atoms with Crippen molar-refractivity contribution in [3.05, 3.63) is 218 Å². The molecule has 0 unspecified atom stereocenters. The van der Waals surface area contributed by atoms with Crippen LogP contribution in [0.3, 0.4) is 0 Å². The van der Waals surface area contributed by atoms with Crippen LogP contribution in [0.2, 0.25) is 0 Å². The highest BCUT2D eigenvalue weighted by atomic mass is 15.2. The van der Waals surface area contributed by atoms with Crippen LogP contribution in [-0.4, -0.2) is 11.3 Å². The Morgan fingerprint density at radius 3 is 1.59 bits per heavy atom. The van der Waals surface area contributed by atoms with Gasteiger partial charge in [-0.15, -0.1) is 0 Å². The Bertz CT molecular complexity index is 3120. The van der Waals surface area contributed by atoms with E-state index < -0.39 is 0 Å². The van der Waals surface area contributed by atoms with Crippen LogP contribution in [0.5, 0.6) is 0 Å². The van der Waals surface area contributed by atoms with Crippen molar-refractivity contribution in [2.45, 2.75) is 0 Å². The third kappa shape index (κ3) is 4.95. The van der Waals surface area contributed by atoms with Crippen molar-refractivity contribution in [1.29, 1.82) is 0 Å². The van der Waals surface area contributed by atoms with Gasteiger partial charge in [0.05, 0.1) is 11.2 Å². The fourth-order valence-electron chi connectivity index (χ4n) is 9.66. The lowest BCUT2D eigenvalue weighted by molar-refractivity contribution is 1.16. The van der Waals surface area contributed by atoms with Gasteiger partial charge in [0.1, 0.15) is 0 Å². The van der Waals surface area contributed by atoms with E-state index in [0.717, 1.165) is 22.7 Å².